The Morgan fingerprint density at radius 2 is 2.11 bits per heavy atom. The van der Waals surface area contributed by atoms with E-state index in [9.17, 15) is 13.2 Å². The Hall–Kier alpha value is -1.49. The van der Waals surface area contributed by atoms with Gasteiger partial charge in [0.1, 0.15) is 5.69 Å². The number of hydrogen-bond acceptors (Lipinski definition) is 1. The molecule has 0 amide bonds. The summed E-state index contributed by atoms with van der Waals surface area (Å²) in [6.07, 6.45) is -2.68. The summed E-state index contributed by atoms with van der Waals surface area (Å²) in [5, 5.41) is 3.59. The lowest BCUT2D eigenvalue weighted by Crippen LogP contribution is -2.19. The van der Waals surface area contributed by atoms with E-state index in [0.717, 1.165) is 29.3 Å². The molecule has 0 aliphatic carbocycles. The van der Waals surface area contributed by atoms with Crippen LogP contribution in [0.2, 0.25) is 0 Å². The number of hydrogen-bond donors (Lipinski definition) is 1. The molecule has 0 bridgehead atoms. The van der Waals surface area contributed by atoms with Crippen molar-refractivity contribution < 1.29 is 13.2 Å². The summed E-state index contributed by atoms with van der Waals surface area (Å²) in [6, 6.07) is 5.58. The molecular formula is C14H15F3N2. The van der Waals surface area contributed by atoms with Crippen LogP contribution in [0.3, 0.4) is 0 Å². The van der Waals surface area contributed by atoms with Crippen LogP contribution in [0.25, 0.3) is 10.9 Å². The van der Waals surface area contributed by atoms with Gasteiger partial charge in [0.05, 0.1) is 5.52 Å². The van der Waals surface area contributed by atoms with Gasteiger partial charge in [-0.25, -0.2) is 0 Å². The first-order valence-electron chi connectivity index (χ1n) is 6.39. The molecule has 102 valence electrons. The van der Waals surface area contributed by atoms with E-state index in [1.165, 1.54) is 4.57 Å². The summed E-state index contributed by atoms with van der Waals surface area (Å²) < 4.78 is 41.6. The molecule has 1 aliphatic heterocycles. The molecule has 0 unspecified atom stereocenters. The second-order valence-electron chi connectivity index (χ2n) is 4.92. The van der Waals surface area contributed by atoms with Crippen molar-refractivity contribution in [3.8, 4) is 0 Å². The van der Waals surface area contributed by atoms with Crippen LogP contribution in [-0.4, -0.2) is 11.6 Å². The molecule has 0 radical (unpaired) electrons. The molecule has 2 nitrogen and oxygen atoms in total. The van der Waals surface area contributed by atoms with Crippen molar-refractivity contribution in [1.29, 1.82) is 0 Å². The van der Waals surface area contributed by atoms with Crippen LogP contribution in [-0.2, 0) is 25.7 Å². The van der Waals surface area contributed by atoms with E-state index in [0.29, 0.717) is 12.1 Å². The Labute approximate surface area is 109 Å². The number of aryl methyl sites for hydroxylation is 2. The predicted molar refractivity (Wildman–Crippen MR) is 68.0 cm³/mol. The van der Waals surface area contributed by atoms with Crippen molar-refractivity contribution in [3.05, 3.63) is 35.0 Å². The monoisotopic (exact) mass is 268 g/mol. The Morgan fingerprint density at radius 1 is 1.32 bits per heavy atom. The summed E-state index contributed by atoms with van der Waals surface area (Å²) >= 11 is 0. The molecule has 1 N–H and O–H groups in total. The maximum atomic E-state index is 13.4. The zero-order valence-corrected chi connectivity index (χ0v) is 10.6. The number of para-hydroxylation sites is 1. The molecule has 1 aromatic carbocycles. The van der Waals surface area contributed by atoms with Crippen LogP contribution in [0.15, 0.2) is 18.2 Å². The van der Waals surface area contributed by atoms with Gasteiger partial charge < -0.3 is 9.88 Å². The molecule has 1 aromatic heterocycles. The van der Waals surface area contributed by atoms with E-state index in [1.54, 1.807) is 13.1 Å². The third-order valence-corrected chi connectivity index (χ3v) is 3.72. The van der Waals surface area contributed by atoms with E-state index in [4.69, 9.17) is 0 Å². The molecule has 19 heavy (non-hydrogen) atoms. The highest BCUT2D eigenvalue weighted by atomic mass is 19.4. The van der Waals surface area contributed by atoms with Crippen LogP contribution in [0, 0.1) is 0 Å². The Bertz CT molecular complexity index is 626. The molecule has 2 heterocycles. The fraction of sp³-hybridized carbons (Fsp3) is 0.429. The van der Waals surface area contributed by atoms with Crippen LogP contribution in [0.1, 0.15) is 23.2 Å². The quantitative estimate of drug-likeness (QED) is 0.884. The van der Waals surface area contributed by atoms with E-state index < -0.39 is 11.9 Å². The van der Waals surface area contributed by atoms with Gasteiger partial charge in [-0.15, -0.1) is 0 Å². The van der Waals surface area contributed by atoms with Crippen LogP contribution >= 0.6 is 0 Å². The molecule has 1 aliphatic rings. The van der Waals surface area contributed by atoms with E-state index in [-0.39, 0.29) is 6.54 Å². The second-order valence-corrected chi connectivity index (χ2v) is 4.92. The Balaban J connectivity index is 2.40. The van der Waals surface area contributed by atoms with Crippen LogP contribution in [0.5, 0.6) is 0 Å². The largest absolute Gasteiger partial charge is 0.431 e. The van der Waals surface area contributed by atoms with Gasteiger partial charge in [0.25, 0.3) is 0 Å². The minimum atomic E-state index is -4.31. The topological polar surface area (TPSA) is 17.0 Å². The van der Waals surface area contributed by atoms with Crippen LogP contribution in [0.4, 0.5) is 13.2 Å². The summed E-state index contributed by atoms with van der Waals surface area (Å²) in [4.78, 5) is 0. The first kappa shape index (κ1) is 12.5. The zero-order valence-electron chi connectivity index (χ0n) is 10.6. The zero-order chi connectivity index (χ0) is 13.6. The lowest BCUT2D eigenvalue weighted by atomic mass is 10.0. The third kappa shape index (κ3) is 1.84. The molecule has 0 spiro atoms. The molecule has 3 rings (SSSR count). The Morgan fingerprint density at radius 3 is 2.79 bits per heavy atom. The van der Waals surface area contributed by atoms with Crippen molar-refractivity contribution in [2.75, 3.05) is 7.05 Å². The number of alkyl halides is 3. The average molecular weight is 268 g/mol. The standard InChI is InChI=1S/C14H15F3N2/c1-18-8-11-10-6-2-4-9-5-3-7-19(12(9)10)13(11)14(15,16)17/h2,4,6,18H,3,5,7-8H2,1H3. The SMILES string of the molecule is CNCc1c(C(F)(F)F)n2c3c(cccc13)CCC2. The number of nitrogens with zero attached hydrogens (tertiary/aromatic N) is 1. The number of nitrogens with one attached hydrogen (secondary N) is 1. The van der Waals surface area contributed by atoms with Crippen molar-refractivity contribution in [2.24, 2.45) is 0 Å². The van der Waals surface area contributed by atoms with Crippen molar-refractivity contribution in [2.45, 2.75) is 32.1 Å². The summed E-state index contributed by atoms with van der Waals surface area (Å²) in [5.41, 5.74) is 1.68. The lowest BCUT2D eigenvalue weighted by molar-refractivity contribution is -0.144. The summed E-state index contributed by atoms with van der Waals surface area (Å²) in [6.45, 7) is 0.688. The van der Waals surface area contributed by atoms with Gasteiger partial charge >= 0.3 is 6.18 Å². The molecule has 0 saturated heterocycles. The fourth-order valence-electron chi connectivity index (χ4n) is 3.09. The minimum absolute atomic E-state index is 0.238. The summed E-state index contributed by atoms with van der Waals surface area (Å²) in [5.74, 6) is 0. The van der Waals surface area contributed by atoms with Gasteiger partial charge in [-0.3, -0.25) is 0 Å². The average Bonchev–Trinajstić information content (AvgIpc) is 2.67. The van der Waals surface area contributed by atoms with Gasteiger partial charge in [-0.2, -0.15) is 13.2 Å². The molecule has 0 atom stereocenters. The highest BCUT2D eigenvalue weighted by Crippen LogP contribution is 2.41. The van der Waals surface area contributed by atoms with E-state index in [2.05, 4.69) is 5.32 Å². The van der Waals surface area contributed by atoms with Crippen molar-refractivity contribution in [3.63, 3.8) is 0 Å². The normalized spacial score (nSPS) is 15.2. The van der Waals surface area contributed by atoms with Gasteiger partial charge in [0.15, 0.2) is 0 Å². The van der Waals surface area contributed by atoms with Crippen molar-refractivity contribution >= 4 is 10.9 Å². The van der Waals surface area contributed by atoms with Gasteiger partial charge in [-0.05, 0) is 25.5 Å². The van der Waals surface area contributed by atoms with Crippen molar-refractivity contribution in [1.82, 2.24) is 9.88 Å². The highest BCUT2D eigenvalue weighted by molar-refractivity contribution is 5.89. The first-order valence-corrected chi connectivity index (χ1v) is 6.39. The fourth-order valence-corrected chi connectivity index (χ4v) is 3.09. The smallest absolute Gasteiger partial charge is 0.336 e. The molecule has 0 fully saturated rings. The van der Waals surface area contributed by atoms with Gasteiger partial charge in [0, 0.05) is 24.0 Å². The second kappa shape index (κ2) is 4.27. The highest BCUT2D eigenvalue weighted by Gasteiger charge is 2.39. The molecule has 0 saturated carbocycles. The first-order chi connectivity index (χ1) is 9.04. The summed E-state index contributed by atoms with van der Waals surface area (Å²) in [7, 11) is 1.67. The third-order valence-electron chi connectivity index (χ3n) is 3.72. The van der Waals surface area contributed by atoms with E-state index in [1.807, 2.05) is 12.1 Å². The minimum Gasteiger partial charge on any atom is -0.336 e. The maximum absolute atomic E-state index is 13.4. The molecule has 5 heteroatoms. The number of benzene rings is 1. The molecule has 2 aromatic rings. The van der Waals surface area contributed by atoms with Gasteiger partial charge in [-0.1, -0.05) is 18.2 Å². The molecular weight excluding hydrogens is 253 g/mol. The lowest BCUT2D eigenvalue weighted by Gasteiger charge is -2.19. The Kier molecular flexibility index (Phi) is 2.82. The number of rotatable bonds is 2. The van der Waals surface area contributed by atoms with E-state index >= 15 is 0 Å². The van der Waals surface area contributed by atoms with Gasteiger partial charge in [0.2, 0.25) is 0 Å². The number of aromatic nitrogens is 1. The predicted octanol–water partition coefficient (Wildman–Crippen LogP) is 3.33. The number of halogens is 3. The maximum Gasteiger partial charge on any atom is 0.431 e. The van der Waals surface area contributed by atoms with Crippen LogP contribution < -0.4 is 5.32 Å².